The zero-order chi connectivity index (χ0) is 58.3. The number of ether oxygens (including phenoxy) is 5. The van der Waals surface area contributed by atoms with Gasteiger partial charge in [-0.25, -0.2) is 8.42 Å². The molecule has 9 heteroatoms. The zero-order valence-corrected chi connectivity index (χ0v) is 48.9. The first-order valence-electron chi connectivity index (χ1n) is 29.2. The first-order valence-corrected chi connectivity index (χ1v) is 30.7. The van der Waals surface area contributed by atoms with E-state index in [9.17, 15) is 13.2 Å². The number of ketones is 1. The Kier molecular flexibility index (Phi) is 14.7. The summed E-state index contributed by atoms with van der Waals surface area (Å²) in [6.07, 6.45) is 7.06. The Balaban J connectivity index is 0.000000214. The van der Waals surface area contributed by atoms with Crippen molar-refractivity contribution in [3.8, 4) is 51.4 Å². The highest BCUT2D eigenvalue weighted by molar-refractivity contribution is 7.91. The monoisotopic (exact) mass is 1140 g/mol. The summed E-state index contributed by atoms with van der Waals surface area (Å²) in [6, 6.07) is 78.4. The van der Waals surface area contributed by atoms with Crippen LogP contribution in [0.5, 0.6) is 40.2 Å². The van der Waals surface area contributed by atoms with E-state index < -0.39 is 15.3 Å². The van der Waals surface area contributed by atoms with Gasteiger partial charge in [-0.05, 0) is 229 Å². The Morgan fingerprint density at radius 2 is 0.694 bits per heavy atom. The normalized spacial score (nSPS) is 18.2. The van der Waals surface area contributed by atoms with Crippen molar-refractivity contribution in [1.82, 2.24) is 0 Å². The molecule has 0 radical (unpaired) electrons. The number of sulfone groups is 1. The van der Waals surface area contributed by atoms with Crippen LogP contribution in [0, 0.1) is 30.6 Å². The van der Waals surface area contributed by atoms with Crippen LogP contribution in [0.25, 0.3) is 11.1 Å². The van der Waals surface area contributed by atoms with E-state index in [0.717, 1.165) is 57.6 Å². The predicted molar refractivity (Wildman–Crippen MR) is 334 cm³/mol. The third kappa shape index (κ3) is 10.0. The summed E-state index contributed by atoms with van der Waals surface area (Å²) in [4.78, 5) is 13.1. The van der Waals surface area contributed by atoms with Gasteiger partial charge in [0.25, 0.3) is 0 Å². The number of methoxy groups -OCH3 is 3. The lowest BCUT2D eigenvalue weighted by Gasteiger charge is -2.62. The van der Waals surface area contributed by atoms with Crippen LogP contribution >= 0.6 is 0 Å². The molecule has 0 aliphatic heterocycles. The van der Waals surface area contributed by atoms with Crippen LogP contribution in [0.15, 0.2) is 252 Å². The lowest BCUT2D eigenvalue weighted by atomic mass is 9.42. The number of carbonyl (C=O) groups excluding carboxylic acids is 1. The molecular formula is C76H66O8S. The summed E-state index contributed by atoms with van der Waals surface area (Å²) in [5.41, 5.74) is 11.9. The van der Waals surface area contributed by atoms with Crippen LogP contribution in [-0.4, -0.2) is 35.5 Å². The molecule has 15 rings (SSSR count). The van der Waals surface area contributed by atoms with Gasteiger partial charge in [-0.3, -0.25) is 4.79 Å². The molecule has 4 saturated carbocycles. The van der Waals surface area contributed by atoms with Gasteiger partial charge in [0.2, 0.25) is 9.84 Å². The van der Waals surface area contributed by atoms with Gasteiger partial charge in [-0.2, -0.15) is 0 Å². The van der Waals surface area contributed by atoms with Gasteiger partial charge in [-0.1, -0.05) is 127 Å². The molecule has 0 aromatic heterocycles. The Bertz CT molecular complexity index is 4000. The van der Waals surface area contributed by atoms with Crippen LogP contribution in [0.4, 0.5) is 0 Å². The quantitative estimate of drug-likeness (QED) is 0.0937. The van der Waals surface area contributed by atoms with Crippen LogP contribution < -0.4 is 23.7 Å². The fraction of sp³-hybridized carbons (Fsp3) is 0.197. The first-order chi connectivity index (χ1) is 41.5. The van der Waals surface area contributed by atoms with Crippen LogP contribution in [0.1, 0.15) is 87.0 Å². The standard InChI is InChI=1S/C52H38O6S.C24H28O2/c1-35-11-13-36(14-12-35)51(53)37-15-21-41(22-16-37)57-43-27-31-45(32-28-43)59(54,55)46-33-29-44(30-34-46)58-42-25-19-39(20-26-42)52(38-17-23-40(56-2)24-18-38)49-9-5-3-7-47(49)48-8-4-6-10-50(48)52;1-25-22-7-3-18(4-8-22)24(19-5-9-23(26-2)10-6-19)20-12-16-11-17(14-20)15-21(24)13-16/h3-34H,1-2H3;3-10,16-17,20-21H,11-15H2,1-2H3. The first kappa shape index (κ1) is 55.0. The van der Waals surface area contributed by atoms with E-state index in [4.69, 9.17) is 23.7 Å². The SMILES string of the molecule is COc1ccc(C2(c3ccc(OC)cc3)C3CC4CC(C3)CC2C4)cc1.COc1ccc(C2(c3ccc(Oc4ccc(S(=O)(=O)c5ccc(Oc6ccc(C(=O)c7ccc(C)cc7)cc6)cc5)cc4)cc3)c3ccccc3-c3ccccc32)cc1. The lowest BCUT2D eigenvalue weighted by molar-refractivity contribution is -0.0418. The third-order valence-corrected chi connectivity index (χ3v) is 20.3. The minimum atomic E-state index is -3.82. The largest absolute Gasteiger partial charge is 0.497 e. The summed E-state index contributed by atoms with van der Waals surface area (Å²) in [5.74, 6) is 8.18. The number of carbonyl (C=O) groups is 1. The van der Waals surface area contributed by atoms with E-state index in [1.807, 2.05) is 55.5 Å². The molecule has 8 nitrogen and oxygen atoms in total. The van der Waals surface area contributed by atoms with Gasteiger partial charge >= 0.3 is 0 Å². The highest BCUT2D eigenvalue weighted by atomic mass is 32.2. The minimum Gasteiger partial charge on any atom is -0.497 e. The van der Waals surface area contributed by atoms with Crippen LogP contribution in [0.2, 0.25) is 0 Å². The van der Waals surface area contributed by atoms with E-state index in [0.29, 0.717) is 34.1 Å². The molecule has 10 aromatic carbocycles. The molecular weight excluding hydrogens is 1070 g/mol. The molecule has 4 bridgehead atoms. The van der Waals surface area contributed by atoms with E-state index in [2.05, 4.69) is 121 Å². The van der Waals surface area contributed by atoms with Crippen molar-refractivity contribution in [2.24, 2.45) is 23.7 Å². The fourth-order valence-electron chi connectivity index (χ4n) is 14.7. The Morgan fingerprint density at radius 1 is 0.376 bits per heavy atom. The number of benzene rings is 10. The molecule has 0 amide bonds. The lowest BCUT2D eigenvalue weighted by Crippen LogP contribution is -2.56. The third-order valence-electron chi connectivity index (χ3n) is 18.5. The van der Waals surface area contributed by atoms with Crippen molar-refractivity contribution < 1.29 is 36.9 Å². The molecule has 85 heavy (non-hydrogen) atoms. The maximum Gasteiger partial charge on any atom is 0.206 e. The summed E-state index contributed by atoms with van der Waals surface area (Å²) in [7, 11) is 1.35. The molecule has 424 valence electrons. The van der Waals surface area contributed by atoms with E-state index in [1.54, 1.807) is 82.0 Å². The van der Waals surface area contributed by atoms with Gasteiger partial charge in [0.05, 0.1) is 36.5 Å². The molecule has 10 aromatic rings. The minimum absolute atomic E-state index is 0.0726. The smallest absolute Gasteiger partial charge is 0.206 e. The van der Waals surface area contributed by atoms with Crippen LogP contribution in [-0.2, 0) is 20.7 Å². The molecule has 0 N–H and O–H groups in total. The summed E-state index contributed by atoms with van der Waals surface area (Å²) >= 11 is 0. The van der Waals surface area contributed by atoms with Gasteiger partial charge in [0.15, 0.2) is 5.78 Å². The maximum atomic E-state index is 13.6. The van der Waals surface area contributed by atoms with Gasteiger partial charge in [0, 0.05) is 16.5 Å². The number of rotatable bonds is 15. The highest BCUT2D eigenvalue weighted by Crippen LogP contribution is 2.65. The van der Waals surface area contributed by atoms with Crippen LogP contribution in [0.3, 0.4) is 0 Å². The molecule has 5 aliphatic carbocycles. The second-order valence-electron chi connectivity index (χ2n) is 23.1. The van der Waals surface area contributed by atoms with Crippen molar-refractivity contribution in [3.63, 3.8) is 0 Å². The van der Waals surface area contributed by atoms with Gasteiger partial charge in [-0.15, -0.1) is 0 Å². The number of fused-ring (bicyclic) bond motifs is 3. The fourth-order valence-corrected chi connectivity index (χ4v) is 16.0. The van der Waals surface area contributed by atoms with E-state index in [-0.39, 0.29) is 21.0 Å². The zero-order valence-electron chi connectivity index (χ0n) is 48.1. The molecule has 4 fully saturated rings. The molecule has 0 spiro atoms. The van der Waals surface area contributed by atoms with E-state index in [1.165, 1.54) is 77.6 Å². The topological polar surface area (TPSA) is 97.4 Å². The second kappa shape index (κ2) is 22.8. The van der Waals surface area contributed by atoms with Crippen molar-refractivity contribution in [2.45, 2.75) is 59.6 Å². The average molecular weight is 1140 g/mol. The predicted octanol–water partition coefficient (Wildman–Crippen LogP) is 17.5. The molecule has 0 heterocycles. The van der Waals surface area contributed by atoms with Crippen molar-refractivity contribution in [3.05, 3.63) is 293 Å². The summed E-state index contributed by atoms with van der Waals surface area (Å²) in [6.45, 7) is 1.98. The molecule has 0 atom stereocenters. The number of hydrogen-bond acceptors (Lipinski definition) is 8. The van der Waals surface area contributed by atoms with Crippen molar-refractivity contribution >= 4 is 15.6 Å². The van der Waals surface area contributed by atoms with Gasteiger partial charge in [0.1, 0.15) is 40.2 Å². The molecule has 0 unspecified atom stereocenters. The molecule has 0 saturated heterocycles. The Labute approximate surface area is 498 Å². The summed E-state index contributed by atoms with van der Waals surface area (Å²) in [5, 5.41) is 0. The van der Waals surface area contributed by atoms with E-state index >= 15 is 0 Å². The van der Waals surface area contributed by atoms with Crippen molar-refractivity contribution in [1.29, 1.82) is 0 Å². The Hall–Kier alpha value is -9.18. The summed E-state index contributed by atoms with van der Waals surface area (Å²) < 4.78 is 55.8. The highest BCUT2D eigenvalue weighted by Gasteiger charge is 2.58. The molecule has 5 aliphatic rings. The van der Waals surface area contributed by atoms with Crippen molar-refractivity contribution in [2.75, 3.05) is 21.3 Å². The number of aryl methyl sites for hydroxylation is 1. The average Bonchev–Trinajstić information content (AvgIpc) is 2.08. The maximum absolute atomic E-state index is 13.6. The second-order valence-corrected chi connectivity index (χ2v) is 25.0. The number of hydrogen-bond donors (Lipinski definition) is 0. The Morgan fingerprint density at radius 3 is 1.07 bits per heavy atom. The van der Waals surface area contributed by atoms with Gasteiger partial charge < -0.3 is 23.7 Å².